The smallest absolute Gasteiger partial charge is 0.326 e. The highest BCUT2D eigenvalue weighted by Gasteiger charge is 2.23. The summed E-state index contributed by atoms with van der Waals surface area (Å²) in [7, 11) is 0. The van der Waals surface area contributed by atoms with Crippen molar-refractivity contribution in [3.63, 3.8) is 0 Å². The van der Waals surface area contributed by atoms with Crippen LogP contribution in [-0.4, -0.2) is 23.0 Å². The summed E-state index contributed by atoms with van der Waals surface area (Å²) in [5.74, 6) is -2.21. The highest BCUT2D eigenvalue weighted by atomic mass is 35.5. The molecule has 0 fully saturated rings. The van der Waals surface area contributed by atoms with Gasteiger partial charge in [0.15, 0.2) is 0 Å². The number of rotatable bonds is 5. The second-order valence-corrected chi connectivity index (χ2v) is 4.52. The number of nitriles is 1. The van der Waals surface area contributed by atoms with Gasteiger partial charge in [-0.1, -0.05) is 23.7 Å². The molecule has 1 aromatic rings. The van der Waals surface area contributed by atoms with Crippen molar-refractivity contribution >= 4 is 23.5 Å². The van der Waals surface area contributed by atoms with Gasteiger partial charge in [0.2, 0.25) is 0 Å². The number of carboxylic acids is 1. The number of carboxylic acid groups (broad SMARTS) is 1. The van der Waals surface area contributed by atoms with Crippen LogP contribution in [0.15, 0.2) is 24.3 Å². The number of hydrogen-bond acceptors (Lipinski definition) is 3. The Morgan fingerprint density at radius 3 is 2.63 bits per heavy atom. The zero-order chi connectivity index (χ0) is 14.4. The highest BCUT2D eigenvalue weighted by molar-refractivity contribution is 6.33. The Balaban J connectivity index is 2.81. The molecule has 19 heavy (non-hydrogen) atoms. The second kappa shape index (κ2) is 6.76. The molecule has 0 unspecified atom stereocenters. The first-order valence-electron chi connectivity index (χ1n) is 5.63. The van der Waals surface area contributed by atoms with Gasteiger partial charge in [0.25, 0.3) is 5.91 Å². The molecule has 0 spiro atoms. The van der Waals surface area contributed by atoms with Gasteiger partial charge in [0.05, 0.1) is 16.7 Å². The van der Waals surface area contributed by atoms with Crippen LogP contribution < -0.4 is 5.32 Å². The fraction of sp³-hybridized carbons (Fsp3) is 0.308. The van der Waals surface area contributed by atoms with Gasteiger partial charge in [0, 0.05) is 5.92 Å². The summed E-state index contributed by atoms with van der Waals surface area (Å²) in [5, 5.41) is 20.3. The normalized spacial score (nSPS) is 13.1. The summed E-state index contributed by atoms with van der Waals surface area (Å²) in [5.41, 5.74) is 0.208. The molecule has 100 valence electrons. The van der Waals surface area contributed by atoms with Crippen molar-refractivity contribution in [2.45, 2.75) is 19.4 Å². The summed E-state index contributed by atoms with van der Waals surface area (Å²) in [6.45, 7) is 1.59. The Labute approximate surface area is 115 Å². The molecule has 0 aliphatic heterocycles. The molecule has 1 aromatic carbocycles. The monoisotopic (exact) mass is 280 g/mol. The van der Waals surface area contributed by atoms with Crippen LogP contribution in [-0.2, 0) is 4.79 Å². The lowest BCUT2D eigenvalue weighted by Gasteiger charge is -2.15. The minimum atomic E-state index is -1.18. The van der Waals surface area contributed by atoms with Gasteiger partial charge in [-0.05, 0) is 25.5 Å². The van der Waals surface area contributed by atoms with E-state index in [4.69, 9.17) is 22.0 Å². The number of benzene rings is 1. The maximum atomic E-state index is 11.9. The third-order valence-corrected chi connectivity index (χ3v) is 2.86. The first kappa shape index (κ1) is 15.0. The van der Waals surface area contributed by atoms with Crippen LogP contribution in [0.1, 0.15) is 23.7 Å². The Morgan fingerprint density at radius 1 is 1.47 bits per heavy atom. The van der Waals surface area contributed by atoms with E-state index in [1.165, 1.54) is 6.07 Å². The van der Waals surface area contributed by atoms with Crippen molar-refractivity contribution in [2.24, 2.45) is 5.92 Å². The number of amides is 1. The van der Waals surface area contributed by atoms with Gasteiger partial charge >= 0.3 is 5.97 Å². The van der Waals surface area contributed by atoms with Gasteiger partial charge in [-0.25, -0.2) is 4.79 Å². The number of hydrogen-bond donors (Lipinski definition) is 2. The van der Waals surface area contributed by atoms with E-state index >= 15 is 0 Å². The van der Waals surface area contributed by atoms with E-state index in [1.807, 2.05) is 6.07 Å². The molecular weight excluding hydrogens is 268 g/mol. The van der Waals surface area contributed by atoms with Crippen molar-refractivity contribution in [1.82, 2.24) is 5.32 Å². The zero-order valence-electron chi connectivity index (χ0n) is 10.3. The van der Waals surface area contributed by atoms with E-state index in [1.54, 1.807) is 25.1 Å². The number of halogens is 1. The zero-order valence-corrected chi connectivity index (χ0v) is 11.0. The van der Waals surface area contributed by atoms with Crippen molar-refractivity contribution in [3.8, 4) is 6.07 Å². The van der Waals surface area contributed by atoms with Crippen LogP contribution in [0, 0.1) is 17.2 Å². The summed E-state index contributed by atoms with van der Waals surface area (Å²) in [6.07, 6.45) is 0.0437. The van der Waals surface area contributed by atoms with Crippen LogP contribution in [0.3, 0.4) is 0 Å². The van der Waals surface area contributed by atoms with Gasteiger partial charge in [-0.3, -0.25) is 4.79 Å². The lowest BCUT2D eigenvalue weighted by Crippen LogP contribution is -2.41. The van der Waals surface area contributed by atoms with E-state index in [9.17, 15) is 9.59 Å². The van der Waals surface area contributed by atoms with E-state index < -0.39 is 23.8 Å². The first-order valence-corrected chi connectivity index (χ1v) is 6.01. The molecule has 1 amide bonds. The first-order chi connectivity index (χ1) is 8.95. The van der Waals surface area contributed by atoms with Crippen LogP contribution in [0.5, 0.6) is 0 Å². The van der Waals surface area contributed by atoms with E-state index in [0.717, 1.165) is 0 Å². The SMILES string of the molecule is C[C@H](C#N)C[C@H](NC(=O)c1ccccc1Cl)C(=O)O. The lowest BCUT2D eigenvalue weighted by atomic mass is 10.0. The summed E-state index contributed by atoms with van der Waals surface area (Å²) in [4.78, 5) is 23.0. The molecule has 0 aliphatic rings. The van der Waals surface area contributed by atoms with Gasteiger partial charge in [-0.15, -0.1) is 0 Å². The van der Waals surface area contributed by atoms with E-state index in [0.29, 0.717) is 0 Å². The van der Waals surface area contributed by atoms with Gasteiger partial charge in [0.1, 0.15) is 6.04 Å². The molecule has 0 bridgehead atoms. The van der Waals surface area contributed by atoms with Crippen molar-refractivity contribution in [3.05, 3.63) is 34.9 Å². The molecule has 6 heteroatoms. The molecule has 0 heterocycles. The van der Waals surface area contributed by atoms with Crippen LogP contribution >= 0.6 is 11.6 Å². The average Bonchev–Trinajstić information content (AvgIpc) is 2.37. The molecule has 0 saturated carbocycles. The molecule has 2 N–H and O–H groups in total. The fourth-order valence-corrected chi connectivity index (χ4v) is 1.73. The Morgan fingerprint density at radius 2 is 2.11 bits per heavy atom. The Hall–Kier alpha value is -2.06. The second-order valence-electron chi connectivity index (χ2n) is 4.11. The highest BCUT2D eigenvalue weighted by Crippen LogP contribution is 2.15. The van der Waals surface area contributed by atoms with E-state index in [2.05, 4.69) is 5.32 Å². The maximum absolute atomic E-state index is 11.9. The summed E-state index contributed by atoms with van der Waals surface area (Å²) >= 11 is 5.85. The minimum Gasteiger partial charge on any atom is -0.480 e. The van der Waals surface area contributed by atoms with E-state index in [-0.39, 0.29) is 17.0 Å². The van der Waals surface area contributed by atoms with Crippen LogP contribution in [0.2, 0.25) is 5.02 Å². The van der Waals surface area contributed by atoms with Gasteiger partial charge < -0.3 is 10.4 Å². The third kappa shape index (κ3) is 4.27. The largest absolute Gasteiger partial charge is 0.480 e. The number of nitrogens with zero attached hydrogens (tertiary/aromatic N) is 1. The summed E-state index contributed by atoms with van der Waals surface area (Å²) < 4.78 is 0. The Kier molecular flexibility index (Phi) is 5.34. The lowest BCUT2D eigenvalue weighted by molar-refractivity contribution is -0.139. The molecule has 1 rings (SSSR count). The fourth-order valence-electron chi connectivity index (χ4n) is 1.51. The van der Waals surface area contributed by atoms with Crippen LogP contribution in [0.4, 0.5) is 0 Å². The molecule has 0 aromatic heterocycles. The van der Waals surface area contributed by atoms with Crippen molar-refractivity contribution < 1.29 is 14.7 Å². The summed E-state index contributed by atoms with van der Waals surface area (Å²) in [6, 6.07) is 7.18. The van der Waals surface area contributed by atoms with Crippen molar-refractivity contribution in [1.29, 1.82) is 5.26 Å². The molecule has 0 radical (unpaired) electrons. The topological polar surface area (TPSA) is 90.2 Å². The number of carbonyl (C=O) groups is 2. The molecule has 2 atom stereocenters. The predicted molar refractivity (Wildman–Crippen MR) is 69.7 cm³/mol. The maximum Gasteiger partial charge on any atom is 0.326 e. The molecule has 5 nitrogen and oxygen atoms in total. The standard InChI is InChI=1S/C13H13ClN2O3/c1-8(7-15)6-11(13(18)19)16-12(17)9-4-2-3-5-10(9)14/h2-5,8,11H,6H2,1H3,(H,16,17)(H,18,19)/t8-,11-/m0/s1. The average molecular weight is 281 g/mol. The van der Waals surface area contributed by atoms with Crippen molar-refractivity contribution in [2.75, 3.05) is 0 Å². The minimum absolute atomic E-state index is 0.0437. The number of carbonyl (C=O) groups excluding carboxylic acids is 1. The third-order valence-electron chi connectivity index (χ3n) is 2.53. The molecule has 0 aliphatic carbocycles. The van der Waals surface area contributed by atoms with Gasteiger partial charge in [-0.2, -0.15) is 5.26 Å². The molecule has 0 saturated heterocycles. The quantitative estimate of drug-likeness (QED) is 0.864. The Bertz CT molecular complexity index is 525. The number of aliphatic carboxylic acids is 1. The van der Waals surface area contributed by atoms with Crippen LogP contribution in [0.25, 0.3) is 0 Å². The predicted octanol–water partition coefficient (Wildman–Crippen LogP) is 2.07. The number of nitrogens with one attached hydrogen (secondary N) is 1. The molecular formula is C13H13ClN2O3.